The van der Waals surface area contributed by atoms with Gasteiger partial charge in [-0.2, -0.15) is 0 Å². The molecule has 120 valence electrons. The number of morpholine rings is 1. The number of rotatable bonds is 4. The SMILES string of the molecule is CCC(=O)C1(c2ccc(-c3ccccc3)cc2)OCCNC1F. The summed E-state index contributed by atoms with van der Waals surface area (Å²) in [6.45, 7) is 2.45. The third-order valence-electron chi connectivity index (χ3n) is 4.27. The van der Waals surface area contributed by atoms with Gasteiger partial charge in [0.1, 0.15) is 0 Å². The molecule has 1 heterocycles. The summed E-state index contributed by atoms with van der Waals surface area (Å²) in [4.78, 5) is 12.4. The second-order valence-corrected chi connectivity index (χ2v) is 5.62. The van der Waals surface area contributed by atoms with E-state index in [1.807, 2.05) is 42.5 Å². The first kappa shape index (κ1) is 15.8. The molecule has 0 spiro atoms. The molecule has 3 rings (SSSR count). The summed E-state index contributed by atoms with van der Waals surface area (Å²) in [6, 6.07) is 17.3. The molecule has 1 aliphatic heterocycles. The van der Waals surface area contributed by atoms with Gasteiger partial charge in [-0.25, -0.2) is 4.39 Å². The van der Waals surface area contributed by atoms with Crippen LogP contribution in [0.3, 0.4) is 0 Å². The predicted octanol–water partition coefficient (Wildman–Crippen LogP) is 3.44. The molecule has 2 unspecified atom stereocenters. The first-order valence-electron chi connectivity index (χ1n) is 7.89. The Labute approximate surface area is 135 Å². The van der Waals surface area contributed by atoms with Gasteiger partial charge in [0.05, 0.1) is 6.61 Å². The van der Waals surface area contributed by atoms with Gasteiger partial charge in [0.2, 0.25) is 0 Å². The van der Waals surface area contributed by atoms with Crippen molar-refractivity contribution < 1.29 is 13.9 Å². The number of hydrogen-bond donors (Lipinski definition) is 1. The molecule has 1 fully saturated rings. The van der Waals surface area contributed by atoms with Crippen LogP contribution in [0.5, 0.6) is 0 Å². The van der Waals surface area contributed by atoms with Crippen molar-refractivity contribution in [3.8, 4) is 11.1 Å². The number of hydrogen-bond acceptors (Lipinski definition) is 3. The quantitative estimate of drug-likeness (QED) is 0.879. The fourth-order valence-electron chi connectivity index (χ4n) is 3.03. The molecule has 0 aliphatic carbocycles. The van der Waals surface area contributed by atoms with Gasteiger partial charge in [-0.05, 0) is 16.7 Å². The molecule has 3 nitrogen and oxygen atoms in total. The number of benzene rings is 2. The maximum atomic E-state index is 14.6. The number of ketones is 1. The smallest absolute Gasteiger partial charge is 0.195 e. The standard InChI is InChI=1S/C19H20FNO2/c1-2-17(22)19(18(20)21-12-13-23-19)16-10-8-15(9-11-16)14-6-4-3-5-7-14/h3-11,18,21H,2,12-13H2,1H3. The third kappa shape index (κ3) is 2.80. The zero-order valence-electron chi connectivity index (χ0n) is 13.1. The largest absolute Gasteiger partial charge is 0.357 e. The van der Waals surface area contributed by atoms with Gasteiger partial charge in [-0.15, -0.1) is 0 Å². The molecule has 4 heteroatoms. The zero-order chi connectivity index (χ0) is 16.3. The lowest BCUT2D eigenvalue weighted by Gasteiger charge is -2.39. The Balaban J connectivity index is 1.99. The molecule has 2 atom stereocenters. The summed E-state index contributed by atoms with van der Waals surface area (Å²) < 4.78 is 20.3. The number of ether oxygens (including phenoxy) is 1. The van der Waals surface area contributed by atoms with Gasteiger partial charge in [0, 0.05) is 13.0 Å². The third-order valence-corrected chi connectivity index (χ3v) is 4.27. The highest BCUT2D eigenvalue weighted by Gasteiger charge is 2.49. The average molecular weight is 313 g/mol. The maximum Gasteiger partial charge on any atom is 0.195 e. The van der Waals surface area contributed by atoms with Gasteiger partial charge in [-0.3, -0.25) is 10.1 Å². The molecule has 1 N–H and O–H groups in total. The number of carbonyl (C=O) groups is 1. The van der Waals surface area contributed by atoms with E-state index in [9.17, 15) is 9.18 Å². The van der Waals surface area contributed by atoms with Gasteiger partial charge in [-0.1, -0.05) is 61.5 Å². The average Bonchev–Trinajstić information content (AvgIpc) is 2.62. The Morgan fingerprint density at radius 1 is 1.17 bits per heavy atom. The second kappa shape index (κ2) is 6.60. The van der Waals surface area contributed by atoms with Crippen molar-refractivity contribution in [3.63, 3.8) is 0 Å². The van der Waals surface area contributed by atoms with Crippen LogP contribution in [0.1, 0.15) is 18.9 Å². The molecule has 0 saturated carbocycles. The molecule has 1 saturated heterocycles. The molecule has 0 radical (unpaired) electrons. The normalized spacial score (nSPS) is 24.3. The lowest BCUT2D eigenvalue weighted by molar-refractivity contribution is -0.170. The van der Waals surface area contributed by atoms with E-state index in [-0.39, 0.29) is 12.2 Å². The topological polar surface area (TPSA) is 38.3 Å². The number of nitrogens with one attached hydrogen (secondary N) is 1. The van der Waals surface area contributed by atoms with Crippen molar-refractivity contribution in [3.05, 3.63) is 60.2 Å². The molecule has 0 amide bonds. The van der Waals surface area contributed by atoms with Crippen LogP contribution in [-0.2, 0) is 15.1 Å². The summed E-state index contributed by atoms with van der Waals surface area (Å²) in [5.74, 6) is -0.246. The number of carbonyl (C=O) groups excluding carboxylic acids is 1. The van der Waals surface area contributed by atoms with Crippen molar-refractivity contribution in [1.29, 1.82) is 0 Å². The first-order valence-corrected chi connectivity index (χ1v) is 7.89. The molecular weight excluding hydrogens is 293 g/mol. The van der Waals surface area contributed by atoms with Crippen molar-refractivity contribution in [2.45, 2.75) is 25.2 Å². The summed E-state index contributed by atoms with van der Waals surface area (Å²) in [6.07, 6.45) is -1.31. The van der Waals surface area contributed by atoms with E-state index in [4.69, 9.17) is 4.74 Å². The second-order valence-electron chi connectivity index (χ2n) is 5.62. The summed E-state index contributed by atoms with van der Waals surface area (Å²) in [5, 5.41) is 2.72. The van der Waals surface area contributed by atoms with Crippen LogP contribution < -0.4 is 5.32 Å². The van der Waals surface area contributed by atoms with E-state index in [0.717, 1.165) is 11.1 Å². The Morgan fingerprint density at radius 2 is 1.83 bits per heavy atom. The monoisotopic (exact) mass is 313 g/mol. The lowest BCUT2D eigenvalue weighted by Crippen LogP contribution is -2.58. The van der Waals surface area contributed by atoms with Crippen LogP contribution in [0.2, 0.25) is 0 Å². The number of alkyl halides is 1. The molecule has 2 aromatic carbocycles. The highest BCUT2D eigenvalue weighted by Crippen LogP contribution is 2.35. The highest BCUT2D eigenvalue weighted by molar-refractivity contribution is 5.89. The van der Waals surface area contributed by atoms with E-state index in [0.29, 0.717) is 18.7 Å². The lowest BCUT2D eigenvalue weighted by atomic mass is 9.85. The Kier molecular flexibility index (Phi) is 4.55. The van der Waals surface area contributed by atoms with Crippen molar-refractivity contribution >= 4 is 5.78 Å². The van der Waals surface area contributed by atoms with Gasteiger partial charge < -0.3 is 4.74 Å². The molecular formula is C19H20FNO2. The predicted molar refractivity (Wildman–Crippen MR) is 87.7 cm³/mol. The fraction of sp³-hybridized carbons (Fsp3) is 0.316. The first-order chi connectivity index (χ1) is 11.2. The molecule has 2 aromatic rings. The molecule has 23 heavy (non-hydrogen) atoms. The zero-order valence-corrected chi connectivity index (χ0v) is 13.1. The summed E-state index contributed by atoms with van der Waals surface area (Å²) >= 11 is 0. The van der Waals surface area contributed by atoms with Gasteiger partial charge in [0.15, 0.2) is 17.7 Å². The van der Waals surface area contributed by atoms with Crippen LogP contribution in [0, 0.1) is 0 Å². The van der Waals surface area contributed by atoms with Crippen LogP contribution in [0.15, 0.2) is 54.6 Å². The van der Waals surface area contributed by atoms with Crippen LogP contribution >= 0.6 is 0 Å². The van der Waals surface area contributed by atoms with Crippen LogP contribution in [0.25, 0.3) is 11.1 Å². The van der Waals surface area contributed by atoms with E-state index < -0.39 is 11.9 Å². The number of Topliss-reactive ketones (excluding diaryl/α,β-unsaturated/α-hetero) is 1. The van der Waals surface area contributed by atoms with E-state index in [2.05, 4.69) is 5.32 Å². The van der Waals surface area contributed by atoms with Crippen LogP contribution in [-0.4, -0.2) is 25.2 Å². The van der Waals surface area contributed by atoms with E-state index in [1.54, 1.807) is 19.1 Å². The molecule has 0 bridgehead atoms. The highest BCUT2D eigenvalue weighted by atomic mass is 19.1. The van der Waals surface area contributed by atoms with E-state index in [1.165, 1.54) is 0 Å². The minimum Gasteiger partial charge on any atom is -0.357 e. The maximum absolute atomic E-state index is 14.6. The van der Waals surface area contributed by atoms with Gasteiger partial charge >= 0.3 is 0 Å². The van der Waals surface area contributed by atoms with Crippen molar-refractivity contribution in [1.82, 2.24) is 5.32 Å². The summed E-state index contributed by atoms with van der Waals surface area (Å²) in [7, 11) is 0. The number of halogens is 1. The Hall–Kier alpha value is -2.04. The molecule has 0 aromatic heterocycles. The Bertz CT molecular complexity index is 672. The minimum atomic E-state index is -1.54. The van der Waals surface area contributed by atoms with Crippen molar-refractivity contribution in [2.75, 3.05) is 13.2 Å². The van der Waals surface area contributed by atoms with E-state index >= 15 is 0 Å². The molecule has 1 aliphatic rings. The summed E-state index contributed by atoms with van der Waals surface area (Å²) in [5.41, 5.74) is 1.12. The van der Waals surface area contributed by atoms with Gasteiger partial charge in [0.25, 0.3) is 0 Å². The fourth-order valence-corrected chi connectivity index (χ4v) is 3.03. The van der Waals surface area contributed by atoms with Crippen LogP contribution in [0.4, 0.5) is 4.39 Å². The Morgan fingerprint density at radius 3 is 2.43 bits per heavy atom. The van der Waals surface area contributed by atoms with Crippen molar-refractivity contribution in [2.24, 2.45) is 0 Å². The minimum absolute atomic E-state index is 0.225.